The molecule has 1 aliphatic heterocycles. The van der Waals surface area contributed by atoms with Gasteiger partial charge in [-0.1, -0.05) is 40.2 Å². The Labute approximate surface area is 132 Å². The summed E-state index contributed by atoms with van der Waals surface area (Å²) in [5, 5.41) is 10.4. The lowest BCUT2D eigenvalue weighted by atomic mass is 9.94. The van der Waals surface area contributed by atoms with Gasteiger partial charge in [0.2, 0.25) is 0 Å². The molecule has 3 heteroatoms. The van der Waals surface area contributed by atoms with E-state index in [-0.39, 0.29) is 6.10 Å². The second kappa shape index (κ2) is 5.15. The molecular formula is C18H17BrO2. The zero-order chi connectivity index (χ0) is 14.4. The topological polar surface area (TPSA) is 29.5 Å². The molecule has 2 aromatic rings. The lowest BCUT2D eigenvalue weighted by molar-refractivity contribution is 0.0657. The van der Waals surface area contributed by atoms with E-state index in [2.05, 4.69) is 40.2 Å². The summed E-state index contributed by atoms with van der Waals surface area (Å²) in [6, 6.07) is 14.5. The monoisotopic (exact) mass is 344 g/mol. The fraction of sp³-hybridized carbons (Fsp3) is 0.333. The Bertz CT molecular complexity index is 661. The molecule has 0 radical (unpaired) electrons. The molecule has 108 valence electrons. The average molecular weight is 345 g/mol. The molecule has 1 unspecified atom stereocenters. The van der Waals surface area contributed by atoms with E-state index in [0.717, 1.165) is 27.3 Å². The Balaban J connectivity index is 1.60. The van der Waals surface area contributed by atoms with Crippen molar-refractivity contribution < 1.29 is 9.84 Å². The minimum Gasteiger partial charge on any atom is -0.485 e. The van der Waals surface area contributed by atoms with Crippen molar-refractivity contribution in [3.05, 3.63) is 63.6 Å². The highest BCUT2D eigenvalue weighted by atomic mass is 79.9. The third-order valence-corrected chi connectivity index (χ3v) is 4.89. The molecule has 1 heterocycles. The molecule has 1 aliphatic carbocycles. The molecule has 0 aromatic heterocycles. The van der Waals surface area contributed by atoms with Crippen molar-refractivity contribution >= 4 is 15.9 Å². The minimum absolute atomic E-state index is 0.0677. The highest BCUT2D eigenvalue weighted by Crippen LogP contribution is 2.43. The summed E-state index contributed by atoms with van der Waals surface area (Å²) < 4.78 is 7.05. The predicted octanol–water partition coefficient (Wildman–Crippen LogP) is 4.88. The van der Waals surface area contributed by atoms with Gasteiger partial charge < -0.3 is 9.84 Å². The number of rotatable bonds is 2. The van der Waals surface area contributed by atoms with Crippen LogP contribution in [-0.4, -0.2) is 5.11 Å². The fourth-order valence-corrected chi connectivity index (χ4v) is 3.40. The standard InChI is InChI=1S/C18H17BrO2/c19-14-7-8-17-15(9-14)16(20)10-18(21-17)13-5-3-12(4-6-13)11-1-2-11/h3-9,11,16,18,20H,1-2,10H2/t16-,18?/m0/s1. The normalized spacial score (nSPS) is 24.3. The molecule has 2 atom stereocenters. The van der Waals surface area contributed by atoms with Gasteiger partial charge in [0.1, 0.15) is 11.9 Å². The van der Waals surface area contributed by atoms with Gasteiger partial charge in [0.25, 0.3) is 0 Å². The van der Waals surface area contributed by atoms with Crippen molar-refractivity contribution in [3.8, 4) is 5.75 Å². The molecule has 0 saturated heterocycles. The lowest BCUT2D eigenvalue weighted by Gasteiger charge is -2.30. The summed E-state index contributed by atoms with van der Waals surface area (Å²) >= 11 is 3.44. The molecule has 0 bridgehead atoms. The van der Waals surface area contributed by atoms with Crippen LogP contribution in [0.4, 0.5) is 0 Å². The Hall–Kier alpha value is -1.32. The molecule has 1 saturated carbocycles. The fourth-order valence-electron chi connectivity index (χ4n) is 3.02. The summed E-state index contributed by atoms with van der Waals surface area (Å²) in [4.78, 5) is 0. The summed E-state index contributed by atoms with van der Waals surface area (Å²) in [7, 11) is 0. The van der Waals surface area contributed by atoms with E-state index in [1.165, 1.54) is 18.4 Å². The lowest BCUT2D eigenvalue weighted by Crippen LogP contribution is -2.19. The first kappa shape index (κ1) is 13.4. The van der Waals surface area contributed by atoms with Gasteiger partial charge in [0.05, 0.1) is 6.10 Å². The Morgan fingerprint density at radius 3 is 2.43 bits per heavy atom. The summed E-state index contributed by atoms with van der Waals surface area (Å²) in [5.41, 5.74) is 3.45. The molecule has 1 N–H and O–H groups in total. The number of hydrogen-bond acceptors (Lipinski definition) is 2. The molecule has 0 spiro atoms. The third-order valence-electron chi connectivity index (χ3n) is 4.39. The average Bonchev–Trinajstić information content (AvgIpc) is 3.33. The van der Waals surface area contributed by atoms with Crippen molar-refractivity contribution in [3.63, 3.8) is 0 Å². The summed E-state index contributed by atoms with van der Waals surface area (Å²) in [6.07, 6.45) is 2.70. The first-order valence-corrected chi connectivity index (χ1v) is 8.24. The number of aliphatic hydroxyl groups is 1. The zero-order valence-electron chi connectivity index (χ0n) is 11.6. The smallest absolute Gasteiger partial charge is 0.127 e. The third kappa shape index (κ3) is 2.60. The van der Waals surface area contributed by atoms with Gasteiger partial charge in [-0.25, -0.2) is 0 Å². The molecule has 2 aromatic carbocycles. The minimum atomic E-state index is -0.473. The number of fused-ring (bicyclic) bond motifs is 1. The van der Waals surface area contributed by atoms with E-state index in [4.69, 9.17) is 4.74 Å². The van der Waals surface area contributed by atoms with Crippen LogP contribution in [0.15, 0.2) is 46.9 Å². The van der Waals surface area contributed by atoms with E-state index < -0.39 is 6.10 Å². The maximum Gasteiger partial charge on any atom is 0.127 e. The van der Waals surface area contributed by atoms with Crippen LogP contribution < -0.4 is 4.74 Å². The van der Waals surface area contributed by atoms with Crippen molar-refractivity contribution in [2.75, 3.05) is 0 Å². The number of benzene rings is 2. The van der Waals surface area contributed by atoms with Crippen LogP contribution in [-0.2, 0) is 0 Å². The van der Waals surface area contributed by atoms with Gasteiger partial charge in [-0.05, 0) is 48.1 Å². The van der Waals surface area contributed by atoms with E-state index in [0.29, 0.717) is 6.42 Å². The highest BCUT2D eigenvalue weighted by Gasteiger charge is 2.29. The molecule has 0 amide bonds. The van der Waals surface area contributed by atoms with E-state index in [1.807, 2.05) is 18.2 Å². The highest BCUT2D eigenvalue weighted by molar-refractivity contribution is 9.10. The van der Waals surface area contributed by atoms with E-state index in [1.54, 1.807) is 0 Å². The predicted molar refractivity (Wildman–Crippen MR) is 85.5 cm³/mol. The van der Waals surface area contributed by atoms with Crippen LogP contribution in [0.5, 0.6) is 5.75 Å². The maximum atomic E-state index is 10.4. The second-order valence-corrected chi connectivity index (χ2v) is 6.90. The van der Waals surface area contributed by atoms with Crippen molar-refractivity contribution in [1.82, 2.24) is 0 Å². The van der Waals surface area contributed by atoms with E-state index in [9.17, 15) is 5.11 Å². The second-order valence-electron chi connectivity index (χ2n) is 5.98. The first-order chi connectivity index (χ1) is 10.2. The van der Waals surface area contributed by atoms with Gasteiger partial charge in [-0.2, -0.15) is 0 Å². The van der Waals surface area contributed by atoms with Crippen molar-refractivity contribution in [1.29, 1.82) is 0 Å². The Kier molecular flexibility index (Phi) is 3.27. The van der Waals surface area contributed by atoms with E-state index >= 15 is 0 Å². The van der Waals surface area contributed by atoms with Gasteiger partial charge in [0, 0.05) is 16.5 Å². The van der Waals surface area contributed by atoms with Crippen molar-refractivity contribution in [2.24, 2.45) is 0 Å². The van der Waals surface area contributed by atoms with Crippen molar-refractivity contribution in [2.45, 2.75) is 37.4 Å². The summed E-state index contributed by atoms with van der Waals surface area (Å²) in [5.74, 6) is 1.56. The number of halogens is 1. The van der Waals surface area contributed by atoms with Gasteiger partial charge >= 0.3 is 0 Å². The number of hydrogen-bond donors (Lipinski definition) is 1. The maximum absolute atomic E-state index is 10.4. The molecular weight excluding hydrogens is 328 g/mol. The summed E-state index contributed by atoms with van der Waals surface area (Å²) in [6.45, 7) is 0. The molecule has 21 heavy (non-hydrogen) atoms. The molecule has 2 nitrogen and oxygen atoms in total. The molecule has 1 fully saturated rings. The van der Waals surface area contributed by atoms with Gasteiger partial charge in [-0.15, -0.1) is 0 Å². The SMILES string of the molecule is O[C@H]1CC(c2ccc(C3CC3)cc2)Oc2ccc(Br)cc21. The molecule has 4 rings (SSSR count). The van der Waals surface area contributed by atoms with Crippen LogP contribution in [0.2, 0.25) is 0 Å². The Morgan fingerprint density at radius 2 is 1.71 bits per heavy atom. The number of aliphatic hydroxyl groups excluding tert-OH is 1. The van der Waals surface area contributed by atoms with Crippen LogP contribution in [0.25, 0.3) is 0 Å². The molecule has 2 aliphatic rings. The largest absolute Gasteiger partial charge is 0.485 e. The van der Waals surface area contributed by atoms with Gasteiger partial charge in [-0.3, -0.25) is 0 Å². The van der Waals surface area contributed by atoms with Crippen LogP contribution >= 0.6 is 15.9 Å². The zero-order valence-corrected chi connectivity index (χ0v) is 13.2. The quantitative estimate of drug-likeness (QED) is 0.840. The van der Waals surface area contributed by atoms with Gasteiger partial charge in [0.15, 0.2) is 0 Å². The Morgan fingerprint density at radius 1 is 1.00 bits per heavy atom. The van der Waals surface area contributed by atoms with Crippen LogP contribution in [0.3, 0.4) is 0 Å². The van der Waals surface area contributed by atoms with Crippen LogP contribution in [0.1, 0.15) is 54.1 Å². The van der Waals surface area contributed by atoms with Crippen LogP contribution in [0, 0.1) is 0 Å². The first-order valence-electron chi connectivity index (χ1n) is 7.45. The number of ether oxygens (including phenoxy) is 1.